The lowest BCUT2D eigenvalue weighted by Gasteiger charge is -2.04. The van der Waals surface area contributed by atoms with Crippen molar-refractivity contribution in [2.45, 2.75) is 28.9 Å². The first-order chi connectivity index (χ1) is 8.78. The molecule has 1 fully saturated rings. The van der Waals surface area contributed by atoms with Gasteiger partial charge in [0, 0.05) is 14.9 Å². The van der Waals surface area contributed by atoms with Gasteiger partial charge in [-0.15, -0.1) is 5.10 Å². The summed E-state index contributed by atoms with van der Waals surface area (Å²) in [4.78, 5) is 11.7. The van der Waals surface area contributed by atoms with Crippen LogP contribution in [0, 0.1) is 0 Å². The summed E-state index contributed by atoms with van der Waals surface area (Å²) >= 11 is 4.95. The Morgan fingerprint density at radius 2 is 2.28 bits per heavy atom. The molecular weight excluding hydrogens is 316 g/mol. The van der Waals surface area contributed by atoms with Gasteiger partial charge in [-0.05, 0) is 63.1 Å². The van der Waals surface area contributed by atoms with Crippen LogP contribution in [0.3, 0.4) is 0 Å². The molecular formula is C11H9BrN4OS. The van der Waals surface area contributed by atoms with Gasteiger partial charge in [-0.25, -0.2) is 4.68 Å². The van der Waals surface area contributed by atoms with E-state index in [-0.39, 0.29) is 0 Å². The van der Waals surface area contributed by atoms with E-state index in [1.807, 2.05) is 10.7 Å². The van der Waals surface area contributed by atoms with E-state index in [1.165, 1.54) is 11.8 Å². The molecule has 1 heterocycles. The van der Waals surface area contributed by atoms with Gasteiger partial charge in [-0.1, -0.05) is 6.07 Å². The molecule has 0 unspecified atom stereocenters. The van der Waals surface area contributed by atoms with Crippen LogP contribution < -0.4 is 0 Å². The summed E-state index contributed by atoms with van der Waals surface area (Å²) < 4.78 is 2.74. The highest BCUT2D eigenvalue weighted by atomic mass is 79.9. The summed E-state index contributed by atoms with van der Waals surface area (Å²) in [6.45, 7) is 0. The largest absolute Gasteiger partial charge is 0.298 e. The van der Waals surface area contributed by atoms with Crippen LogP contribution in [-0.2, 0) is 0 Å². The maximum atomic E-state index is 10.7. The quantitative estimate of drug-likeness (QED) is 0.809. The van der Waals surface area contributed by atoms with Gasteiger partial charge < -0.3 is 0 Å². The minimum atomic E-state index is 0.454. The van der Waals surface area contributed by atoms with Crippen molar-refractivity contribution < 1.29 is 4.79 Å². The number of carbonyl (C=O) groups is 1. The van der Waals surface area contributed by atoms with Crippen LogP contribution in [0.1, 0.15) is 29.2 Å². The number of nitrogens with zero attached hydrogens (tertiary/aromatic N) is 4. The van der Waals surface area contributed by atoms with E-state index >= 15 is 0 Å². The number of hydrogen-bond acceptors (Lipinski definition) is 5. The smallest absolute Gasteiger partial charge is 0.214 e. The van der Waals surface area contributed by atoms with Gasteiger partial charge in [0.15, 0.2) is 0 Å². The second-order valence-electron chi connectivity index (χ2n) is 4.05. The zero-order valence-corrected chi connectivity index (χ0v) is 11.7. The van der Waals surface area contributed by atoms with Gasteiger partial charge in [0.1, 0.15) is 6.29 Å². The normalized spacial score (nSPS) is 14.7. The predicted octanol–water partition coefficient (Wildman–Crippen LogP) is 2.73. The van der Waals surface area contributed by atoms with Crippen LogP contribution in [0.4, 0.5) is 0 Å². The highest BCUT2D eigenvalue weighted by Crippen LogP contribution is 2.39. The maximum Gasteiger partial charge on any atom is 0.214 e. The zero-order chi connectivity index (χ0) is 12.5. The summed E-state index contributed by atoms with van der Waals surface area (Å²) in [5, 5.41) is 12.5. The van der Waals surface area contributed by atoms with Crippen molar-refractivity contribution in [1.82, 2.24) is 20.2 Å². The van der Waals surface area contributed by atoms with Crippen LogP contribution >= 0.6 is 27.7 Å². The first kappa shape index (κ1) is 11.9. The average molecular weight is 325 g/mol. The van der Waals surface area contributed by atoms with Crippen molar-refractivity contribution in [3.63, 3.8) is 0 Å². The molecule has 0 atom stereocenters. The van der Waals surface area contributed by atoms with Gasteiger partial charge in [0.2, 0.25) is 5.16 Å². The van der Waals surface area contributed by atoms with Crippen LogP contribution in [0.5, 0.6) is 0 Å². The van der Waals surface area contributed by atoms with Gasteiger partial charge in [-0.2, -0.15) is 0 Å². The second-order valence-corrected chi connectivity index (χ2v) is 5.91. The van der Waals surface area contributed by atoms with Crippen molar-refractivity contribution in [1.29, 1.82) is 0 Å². The predicted molar refractivity (Wildman–Crippen MR) is 69.7 cm³/mol. The lowest BCUT2D eigenvalue weighted by molar-refractivity contribution is 0.112. The molecule has 0 saturated heterocycles. The van der Waals surface area contributed by atoms with E-state index in [0.29, 0.717) is 11.6 Å². The number of rotatable bonds is 4. The van der Waals surface area contributed by atoms with Crippen molar-refractivity contribution in [2.24, 2.45) is 0 Å². The molecule has 1 aliphatic rings. The molecule has 5 nitrogen and oxygen atoms in total. The molecule has 0 bridgehead atoms. The summed E-state index contributed by atoms with van der Waals surface area (Å²) in [6.07, 6.45) is 3.11. The van der Waals surface area contributed by atoms with Crippen molar-refractivity contribution in [2.75, 3.05) is 0 Å². The summed E-state index contributed by atoms with van der Waals surface area (Å²) in [7, 11) is 0. The number of hydrogen-bond donors (Lipinski definition) is 0. The van der Waals surface area contributed by atoms with E-state index in [2.05, 4.69) is 31.5 Å². The van der Waals surface area contributed by atoms with Crippen LogP contribution in [0.15, 0.2) is 32.7 Å². The third kappa shape index (κ3) is 2.32. The van der Waals surface area contributed by atoms with E-state index < -0.39 is 0 Å². The number of tetrazole rings is 1. The molecule has 3 rings (SSSR count). The molecule has 0 N–H and O–H groups in total. The monoisotopic (exact) mass is 324 g/mol. The van der Waals surface area contributed by atoms with E-state index in [0.717, 1.165) is 33.7 Å². The molecule has 7 heteroatoms. The molecule has 2 aromatic rings. The number of benzene rings is 1. The minimum absolute atomic E-state index is 0.454. The highest BCUT2D eigenvalue weighted by molar-refractivity contribution is 9.10. The SMILES string of the molecule is O=Cc1ccc(Sc2nnnn2C2CC2)c(Br)c1. The Morgan fingerprint density at radius 3 is 2.94 bits per heavy atom. The van der Waals surface area contributed by atoms with Crippen molar-refractivity contribution in [3.8, 4) is 0 Å². The molecule has 1 aromatic heterocycles. The Kier molecular flexibility index (Phi) is 3.17. The van der Waals surface area contributed by atoms with Crippen molar-refractivity contribution >= 4 is 34.0 Å². The maximum absolute atomic E-state index is 10.7. The molecule has 0 amide bonds. The third-order valence-corrected chi connectivity index (χ3v) is 4.59. The fourth-order valence-corrected chi connectivity index (χ4v) is 3.06. The molecule has 1 aromatic carbocycles. The van der Waals surface area contributed by atoms with Crippen LogP contribution in [0.2, 0.25) is 0 Å². The Morgan fingerprint density at radius 1 is 1.44 bits per heavy atom. The van der Waals surface area contributed by atoms with Gasteiger partial charge in [0.05, 0.1) is 6.04 Å². The molecule has 0 radical (unpaired) electrons. The summed E-state index contributed by atoms with van der Waals surface area (Å²) in [5.74, 6) is 0. The number of aldehydes is 1. The Bertz CT molecular complexity index is 596. The number of carbonyl (C=O) groups excluding carboxylic acids is 1. The van der Waals surface area contributed by atoms with E-state index in [9.17, 15) is 4.79 Å². The van der Waals surface area contributed by atoms with Crippen LogP contribution in [0.25, 0.3) is 0 Å². The molecule has 92 valence electrons. The third-order valence-electron chi connectivity index (χ3n) is 2.65. The number of aromatic nitrogens is 4. The molecule has 0 spiro atoms. The zero-order valence-electron chi connectivity index (χ0n) is 9.28. The lowest BCUT2D eigenvalue weighted by Crippen LogP contribution is -1.98. The summed E-state index contributed by atoms with van der Waals surface area (Å²) in [6, 6.07) is 5.92. The highest BCUT2D eigenvalue weighted by Gasteiger charge is 2.28. The molecule has 1 saturated carbocycles. The Hall–Kier alpha value is -1.21. The average Bonchev–Trinajstić information content (AvgIpc) is 3.12. The Balaban J connectivity index is 1.87. The van der Waals surface area contributed by atoms with Gasteiger partial charge in [-0.3, -0.25) is 4.79 Å². The minimum Gasteiger partial charge on any atom is -0.298 e. The topological polar surface area (TPSA) is 60.7 Å². The van der Waals surface area contributed by atoms with E-state index in [1.54, 1.807) is 12.1 Å². The molecule has 18 heavy (non-hydrogen) atoms. The van der Waals surface area contributed by atoms with Crippen LogP contribution in [-0.4, -0.2) is 26.5 Å². The molecule has 0 aliphatic heterocycles. The van der Waals surface area contributed by atoms with Gasteiger partial charge >= 0.3 is 0 Å². The van der Waals surface area contributed by atoms with E-state index in [4.69, 9.17) is 0 Å². The first-order valence-corrected chi connectivity index (χ1v) is 7.09. The standard InChI is InChI=1S/C11H9BrN4OS/c12-9-5-7(6-17)1-4-10(9)18-11-13-14-15-16(11)8-2-3-8/h1,4-6,8H,2-3H2. The fourth-order valence-electron chi connectivity index (χ4n) is 1.57. The lowest BCUT2D eigenvalue weighted by atomic mass is 10.2. The fraction of sp³-hybridized carbons (Fsp3) is 0.273. The van der Waals surface area contributed by atoms with Crippen molar-refractivity contribution in [3.05, 3.63) is 28.2 Å². The Labute approximate surface area is 116 Å². The van der Waals surface area contributed by atoms with Gasteiger partial charge in [0.25, 0.3) is 0 Å². The molecule has 1 aliphatic carbocycles. The number of halogens is 1. The second kappa shape index (κ2) is 4.81. The summed E-state index contributed by atoms with van der Waals surface area (Å²) in [5.41, 5.74) is 0.646. The first-order valence-electron chi connectivity index (χ1n) is 5.48.